The Morgan fingerprint density at radius 3 is 2.73 bits per heavy atom. The van der Waals surface area contributed by atoms with Gasteiger partial charge in [-0.3, -0.25) is 5.10 Å². The molecule has 0 aliphatic heterocycles. The molecule has 2 rings (SSSR count). The zero-order valence-corrected chi connectivity index (χ0v) is 8.49. The van der Waals surface area contributed by atoms with E-state index < -0.39 is 0 Å². The Labute approximate surface area is 87.7 Å². The lowest BCUT2D eigenvalue weighted by molar-refractivity contribution is 0.475. The topological polar surface area (TPSA) is 74.9 Å². The molecule has 0 atom stereocenters. The lowest BCUT2D eigenvalue weighted by atomic mass is 10.1. The Balaban J connectivity index is 2.48. The summed E-state index contributed by atoms with van der Waals surface area (Å²) in [4.78, 5) is 0. The molecule has 2 aromatic rings. The highest BCUT2D eigenvalue weighted by molar-refractivity contribution is 5.64. The van der Waals surface area contributed by atoms with Gasteiger partial charge in [0, 0.05) is 11.6 Å². The van der Waals surface area contributed by atoms with Gasteiger partial charge in [-0.2, -0.15) is 5.10 Å². The third-order valence-corrected chi connectivity index (χ3v) is 2.29. The number of anilines is 1. The predicted octanol–water partition coefficient (Wildman–Crippen LogP) is 1.93. The van der Waals surface area contributed by atoms with E-state index in [1.807, 2.05) is 13.0 Å². The van der Waals surface area contributed by atoms with Crippen LogP contribution in [0.15, 0.2) is 24.3 Å². The summed E-state index contributed by atoms with van der Waals surface area (Å²) in [6.07, 6.45) is 0.880. The molecule has 0 saturated carbocycles. The summed E-state index contributed by atoms with van der Waals surface area (Å²) in [5.41, 5.74) is 8.32. The van der Waals surface area contributed by atoms with Crippen molar-refractivity contribution in [2.24, 2.45) is 0 Å². The number of nitrogens with one attached hydrogen (secondary N) is 1. The van der Waals surface area contributed by atoms with Crippen molar-refractivity contribution in [3.05, 3.63) is 29.8 Å². The molecule has 0 saturated heterocycles. The number of hydrogen-bond acceptors (Lipinski definition) is 3. The van der Waals surface area contributed by atoms with Gasteiger partial charge in [0.15, 0.2) is 0 Å². The summed E-state index contributed by atoms with van der Waals surface area (Å²) in [5, 5.41) is 16.2. The Hall–Kier alpha value is -1.97. The van der Waals surface area contributed by atoms with E-state index in [1.54, 1.807) is 18.2 Å². The number of phenols is 1. The summed E-state index contributed by atoms with van der Waals surface area (Å²) in [6.45, 7) is 2.04. The fourth-order valence-electron chi connectivity index (χ4n) is 1.52. The van der Waals surface area contributed by atoms with Crippen LogP contribution in [0.5, 0.6) is 5.75 Å². The van der Waals surface area contributed by atoms with Crippen molar-refractivity contribution in [2.45, 2.75) is 13.3 Å². The second kappa shape index (κ2) is 3.65. The highest BCUT2D eigenvalue weighted by Gasteiger charge is 2.04. The molecule has 0 aliphatic rings. The fraction of sp³-hybridized carbons (Fsp3) is 0.182. The number of rotatable bonds is 2. The normalized spacial score (nSPS) is 10.5. The van der Waals surface area contributed by atoms with E-state index in [4.69, 9.17) is 5.73 Å². The Kier molecular flexibility index (Phi) is 2.33. The van der Waals surface area contributed by atoms with Crippen LogP contribution in [0.3, 0.4) is 0 Å². The highest BCUT2D eigenvalue weighted by atomic mass is 16.3. The maximum atomic E-state index is 9.53. The predicted molar refractivity (Wildman–Crippen MR) is 59.5 cm³/mol. The van der Waals surface area contributed by atoms with Gasteiger partial charge in [0.25, 0.3) is 0 Å². The SMILES string of the molecule is CCc1cc(O)cc(-c2cc(N)n[nH]2)c1. The van der Waals surface area contributed by atoms with E-state index in [0.29, 0.717) is 5.82 Å². The minimum absolute atomic E-state index is 0.262. The number of H-pyrrole nitrogens is 1. The van der Waals surface area contributed by atoms with Gasteiger partial charge in [-0.15, -0.1) is 0 Å². The number of nitrogens with two attached hydrogens (primary N) is 1. The molecule has 0 fully saturated rings. The number of benzene rings is 1. The highest BCUT2D eigenvalue weighted by Crippen LogP contribution is 2.25. The van der Waals surface area contributed by atoms with E-state index in [-0.39, 0.29) is 5.75 Å². The maximum Gasteiger partial charge on any atom is 0.145 e. The van der Waals surface area contributed by atoms with Gasteiger partial charge < -0.3 is 10.8 Å². The summed E-state index contributed by atoms with van der Waals surface area (Å²) in [6, 6.07) is 7.19. The molecule has 4 heteroatoms. The molecular formula is C11H13N3O. The minimum atomic E-state index is 0.262. The molecule has 15 heavy (non-hydrogen) atoms. The van der Waals surface area contributed by atoms with Crippen LogP contribution in [0.4, 0.5) is 5.82 Å². The van der Waals surface area contributed by atoms with Crippen LogP contribution in [0.1, 0.15) is 12.5 Å². The molecule has 1 heterocycles. The van der Waals surface area contributed by atoms with E-state index in [0.717, 1.165) is 23.2 Å². The van der Waals surface area contributed by atoms with E-state index in [2.05, 4.69) is 10.2 Å². The second-order valence-corrected chi connectivity index (χ2v) is 3.45. The quantitative estimate of drug-likeness (QED) is 0.698. The number of aromatic nitrogens is 2. The summed E-state index contributed by atoms with van der Waals surface area (Å²) in [7, 11) is 0. The molecule has 0 radical (unpaired) electrons. The van der Waals surface area contributed by atoms with Crippen LogP contribution in [0.25, 0.3) is 11.3 Å². The van der Waals surface area contributed by atoms with Crippen LogP contribution in [-0.4, -0.2) is 15.3 Å². The number of nitrogens with zero attached hydrogens (tertiary/aromatic N) is 1. The van der Waals surface area contributed by atoms with Gasteiger partial charge in [0.2, 0.25) is 0 Å². The first-order chi connectivity index (χ1) is 7.19. The van der Waals surface area contributed by atoms with Gasteiger partial charge in [-0.1, -0.05) is 6.92 Å². The molecule has 4 nitrogen and oxygen atoms in total. The van der Waals surface area contributed by atoms with Crippen LogP contribution in [0, 0.1) is 0 Å². The molecule has 78 valence electrons. The van der Waals surface area contributed by atoms with Gasteiger partial charge in [-0.25, -0.2) is 0 Å². The van der Waals surface area contributed by atoms with Crippen molar-refractivity contribution in [1.82, 2.24) is 10.2 Å². The monoisotopic (exact) mass is 203 g/mol. The van der Waals surface area contributed by atoms with Gasteiger partial charge in [0.1, 0.15) is 11.6 Å². The summed E-state index contributed by atoms with van der Waals surface area (Å²) in [5.74, 6) is 0.712. The zero-order chi connectivity index (χ0) is 10.8. The Morgan fingerprint density at radius 2 is 2.13 bits per heavy atom. The van der Waals surface area contributed by atoms with Crippen LogP contribution in [0.2, 0.25) is 0 Å². The average Bonchev–Trinajstić information content (AvgIpc) is 2.64. The molecule has 0 unspecified atom stereocenters. The van der Waals surface area contributed by atoms with Gasteiger partial charge in [-0.05, 0) is 30.2 Å². The van der Waals surface area contributed by atoms with Crippen molar-refractivity contribution in [3.63, 3.8) is 0 Å². The van der Waals surface area contributed by atoms with Crippen LogP contribution < -0.4 is 5.73 Å². The zero-order valence-electron chi connectivity index (χ0n) is 8.49. The number of aromatic hydroxyl groups is 1. The molecule has 0 bridgehead atoms. The molecule has 1 aromatic heterocycles. The third-order valence-electron chi connectivity index (χ3n) is 2.29. The second-order valence-electron chi connectivity index (χ2n) is 3.45. The average molecular weight is 203 g/mol. The lowest BCUT2D eigenvalue weighted by Gasteiger charge is -2.02. The van der Waals surface area contributed by atoms with Gasteiger partial charge >= 0.3 is 0 Å². The molecular weight excluding hydrogens is 190 g/mol. The Morgan fingerprint density at radius 1 is 1.33 bits per heavy atom. The first kappa shape index (κ1) is 9.58. The van der Waals surface area contributed by atoms with Crippen molar-refractivity contribution < 1.29 is 5.11 Å². The lowest BCUT2D eigenvalue weighted by Crippen LogP contribution is -1.83. The van der Waals surface area contributed by atoms with Gasteiger partial charge in [0.05, 0.1) is 5.69 Å². The number of hydrogen-bond donors (Lipinski definition) is 3. The van der Waals surface area contributed by atoms with E-state index >= 15 is 0 Å². The largest absolute Gasteiger partial charge is 0.508 e. The first-order valence-corrected chi connectivity index (χ1v) is 4.83. The molecule has 0 amide bonds. The third kappa shape index (κ3) is 1.93. The molecule has 1 aromatic carbocycles. The van der Waals surface area contributed by atoms with Crippen LogP contribution >= 0.6 is 0 Å². The minimum Gasteiger partial charge on any atom is -0.508 e. The summed E-state index contributed by atoms with van der Waals surface area (Å²) < 4.78 is 0. The number of aryl methyl sites for hydroxylation is 1. The van der Waals surface area contributed by atoms with E-state index in [9.17, 15) is 5.11 Å². The smallest absolute Gasteiger partial charge is 0.145 e. The Bertz CT molecular complexity index is 476. The molecule has 4 N–H and O–H groups in total. The van der Waals surface area contributed by atoms with Crippen molar-refractivity contribution in [3.8, 4) is 17.0 Å². The summed E-state index contributed by atoms with van der Waals surface area (Å²) >= 11 is 0. The molecule has 0 spiro atoms. The van der Waals surface area contributed by atoms with E-state index in [1.165, 1.54) is 0 Å². The van der Waals surface area contributed by atoms with Crippen molar-refractivity contribution in [2.75, 3.05) is 5.73 Å². The van der Waals surface area contributed by atoms with Crippen LogP contribution in [-0.2, 0) is 6.42 Å². The maximum absolute atomic E-state index is 9.53. The number of aromatic amines is 1. The van der Waals surface area contributed by atoms with Crippen molar-refractivity contribution in [1.29, 1.82) is 0 Å². The standard InChI is InChI=1S/C11H13N3O/c1-2-7-3-8(5-9(15)4-7)10-6-11(12)14-13-10/h3-6,15H,2H2,1H3,(H3,12,13,14). The fourth-order valence-corrected chi connectivity index (χ4v) is 1.52. The molecule has 0 aliphatic carbocycles. The number of nitrogen functional groups attached to an aromatic ring is 1. The first-order valence-electron chi connectivity index (χ1n) is 4.83. The van der Waals surface area contributed by atoms with Crippen molar-refractivity contribution >= 4 is 5.82 Å². The number of phenolic OH excluding ortho intramolecular Hbond substituents is 1.